The van der Waals surface area contributed by atoms with Crippen LogP contribution in [-0.2, 0) is 5.41 Å². The van der Waals surface area contributed by atoms with Crippen LogP contribution in [-0.4, -0.2) is 15.0 Å². The van der Waals surface area contributed by atoms with Gasteiger partial charge in [0, 0.05) is 16.7 Å². The van der Waals surface area contributed by atoms with Gasteiger partial charge >= 0.3 is 0 Å². The molecule has 230 valence electrons. The van der Waals surface area contributed by atoms with Crippen molar-refractivity contribution < 1.29 is 0 Å². The van der Waals surface area contributed by atoms with E-state index in [1.165, 1.54) is 47.4 Å². The largest absolute Gasteiger partial charge is 0.208 e. The Hall–Kier alpha value is -5.40. The molecule has 7 aromatic rings. The highest BCUT2D eigenvalue weighted by Crippen LogP contribution is 2.67. The SMILES string of the molecule is CC1(c2ccc(-c3nc(-c4ccc5ccccc5c4)nc(-c4ccc5ccc(C#N)cc5c4)n3)c3ccccc23)C[C@H]2C[C@H]3C[C@@H](C1)C32. The zero-order valence-corrected chi connectivity index (χ0v) is 26.9. The van der Waals surface area contributed by atoms with E-state index in [-0.39, 0.29) is 5.41 Å². The Kier molecular flexibility index (Phi) is 5.94. The molecule has 1 aromatic heterocycles. The fourth-order valence-corrected chi connectivity index (χ4v) is 9.72. The minimum Gasteiger partial charge on any atom is -0.208 e. The second-order valence-corrected chi connectivity index (χ2v) is 14.8. The van der Waals surface area contributed by atoms with E-state index in [1.807, 2.05) is 18.2 Å². The van der Waals surface area contributed by atoms with Gasteiger partial charge in [-0.25, -0.2) is 15.0 Å². The van der Waals surface area contributed by atoms with Crippen molar-refractivity contribution in [1.29, 1.82) is 5.26 Å². The molecule has 10 rings (SSSR count). The molecule has 3 saturated carbocycles. The summed E-state index contributed by atoms with van der Waals surface area (Å²) in [6.45, 7) is 2.52. The highest BCUT2D eigenvalue weighted by molar-refractivity contribution is 5.98. The number of rotatable bonds is 4. The molecule has 6 aromatic carbocycles. The lowest BCUT2D eigenvalue weighted by Crippen LogP contribution is -2.58. The van der Waals surface area contributed by atoms with Crippen LogP contribution >= 0.6 is 0 Å². The van der Waals surface area contributed by atoms with Crippen molar-refractivity contribution in [3.63, 3.8) is 0 Å². The zero-order valence-electron chi connectivity index (χ0n) is 26.9. The first-order valence-corrected chi connectivity index (χ1v) is 17.3. The van der Waals surface area contributed by atoms with Crippen molar-refractivity contribution in [3.8, 4) is 40.2 Å². The Labute approximate surface area is 280 Å². The molecule has 0 N–H and O–H groups in total. The van der Waals surface area contributed by atoms with Crippen molar-refractivity contribution in [1.82, 2.24) is 15.0 Å². The number of nitriles is 1. The number of hydrogen-bond acceptors (Lipinski definition) is 4. The molecule has 4 nitrogen and oxygen atoms in total. The average Bonchev–Trinajstić information content (AvgIpc) is 3.11. The third kappa shape index (κ3) is 4.24. The predicted molar refractivity (Wildman–Crippen MR) is 193 cm³/mol. The minimum atomic E-state index is 0.184. The van der Waals surface area contributed by atoms with Crippen molar-refractivity contribution >= 4 is 32.3 Å². The monoisotopic (exact) mass is 618 g/mol. The first kappa shape index (κ1) is 27.7. The van der Waals surface area contributed by atoms with E-state index in [1.54, 1.807) is 0 Å². The summed E-state index contributed by atoms with van der Waals surface area (Å²) < 4.78 is 0. The maximum Gasteiger partial charge on any atom is 0.164 e. The summed E-state index contributed by atoms with van der Waals surface area (Å²) in [6, 6.07) is 42.6. The van der Waals surface area contributed by atoms with Gasteiger partial charge in [0.05, 0.1) is 11.6 Å². The average molecular weight is 619 g/mol. The summed E-state index contributed by atoms with van der Waals surface area (Å²) in [4.78, 5) is 15.5. The summed E-state index contributed by atoms with van der Waals surface area (Å²) in [5.74, 6) is 5.76. The third-order valence-corrected chi connectivity index (χ3v) is 12.0. The van der Waals surface area contributed by atoms with Crippen LogP contribution < -0.4 is 0 Å². The molecule has 4 heteroatoms. The number of fused-ring (bicyclic) bond motifs is 3. The standard InChI is InChI=1S/C44H34N4/c1-44(23-34-21-33-22-35(24-44)40(33)34)39-17-16-38(36-8-4-5-9-37(36)39)43-47-41(30-14-12-27-6-2-3-7-29(27)19-30)46-42(48-43)31-15-13-28-11-10-26(25-45)18-32(28)20-31/h2-20,33-35,40H,21-24H2,1H3/t33-,34+,35-,40?,44?. The van der Waals surface area contributed by atoms with Crippen LogP contribution in [0.1, 0.15) is 43.7 Å². The molecule has 3 aliphatic carbocycles. The van der Waals surface area contributed by atoms with E-state index in [2.05, 4.69) is 110 Å². The summed E-state index contributed by atoms with van der Waals surface area (Å²) in [5, 5.41) is 16.4. The summed E-state index contributed by atoms with van der Waals surface area (Å²) in [5.41, 5.74) is 5.17. The fourth-order valence-electron chi connectivity index (χ4n) is 9.72. The van der Waals surface area contributed by atoms with E-state index in [0.717, 1.165) is 56.5 Å². The van der Waals surface area contributed by atoms with Crippen LogP contribution in [0, 0.1) is 35.0 Å². The molecule has 0 radical (unpaired) electrons. The Morgan fingerprint density at radius 3 is 1.90 bits per heavy atom. The maximum atomic E-state index is 9.55. The Bertz CT molecular complexity index is 2470. The van der Waals surface area contributed by atoms with Crippen LogP contribution in [0.4, 0.5) is 0 Å². The quantitative estimate of drug-likeness (QED) is 0.197. The van der Waals surface area contributed by atoms with Gasteiger partial charge in [0.1, 0.15) is 0 Å². The van der Waals surface area contributed by atoms with E-state index in [4.69, 9.17) is 15.0 Å². The van der Waals surface area contributed by atoms with Crippen molar-refractivity contribution in [3.05, 3.63) is 126 Å². The molecular weight excluding hydrogens is 585 g/mol. The lowest BCUT2D eigenvalue weighted by Gasteiger charge is -2.65. The molecule has 1 heterocycles. The molecule has 2 unspecified atom stereocenters. The van der Waals surface area contributed by atoms with Crippen LogP contribution in [0.5, 0.6) is 0 Å². The van der Waals surface area contributed by atoms with Gasteiger partial charge < -0.3 is 0 Å². The van der Waals surface area contributed by atoms with Crippen LogP contribution in [0.15, 0.2) is 115 Å². The van der Waals surface area contributed by atoms with Crippen molar-refractivity contribution in [2.75, 3.05) is 0 Å². The van der Waals surface area contributed by atoms with Gasteiger partial charge in [-0.2, -0.15) is 5.26 Å². The van der Waals surface area contributed by atoms with Gasteiger partial charge in [0.15, 0.2) is 17.5 Å². The number of benzene rings is 6. The fraction of sp³-hybridized carbons (Fsp3) is 0.227. The Morgan fingerprint density at radius 1 is 0.583 bits per heavy atom. The molecule has 0 bridgehead atoms. The summed E-state index contributed by atoms with van der Waals surface area (Å²) in [6.07, 6.45) is 5.46. The Morgan fingerprint density at radius 2 is 1.19 bits per heavy atom. The van der Waals surface area contributed by atoms with Crippen molar-refractivity contribution in [2.24, 2.45) is 23.7 Å². The highest BCUT2D eigenvalue weighted by Gasteiger charge is 2.59. The second-order valence-electron chi connectivity index (χ2n) is 14.8. The normalized spacial score (nSPS) is 24.1. The molecule has 3 fully saturated rings. The highest BCUT2D eigenvalue weighted by atomic mass is 15.0. The summed E-state index contributed by atoms with van der Waals surface area (Å²) in [7, 11) is 0. The molecule has 0 aliphatic heterocycles. The third-order valence-electron chi connectivity index (χ3n) is 12.0. The van der Waals surface area contributed by atoms with E-state index in [0.29, 0.717) is 23.0 Å². The van der Waals surface area contributed by atoms with Gasteiger partial charge in [0.2, 0.25) is 0 Å². The topological polar surface area (TPSA) is 62.5 Å². The van der Waals surface area contributed by atoms with Gasteiger partial charge in [-0.1, -0.05) is 97.9 Å². The van der Waals surface area contributed by atoms with Crippen LogP contribution in [0.3, 0.4) is 0 Å². The van der Waals surface area contributed by atoms with Gasteiger partial charge in [-0.15, -0.1) is 0 Å². The van der Waals surface area contributed by atoms with E-state index >= 15 is 0 Å². The minimum absolute atomic E-state index is 0.184. The van der Waals surface area contributed by atoms with Crippen LogP contribution in [0.2, 0.25) is 0 Å². The summed E-state index contributed by atoms with van der Waals surface area (Å²) >= 11 is 0. The number of nitrogens with zero attached hydrogens (tertiary/aromatic N) is 4. The molecule has 0 amide bonds. The molecule has 5 atom stereocenters. The van der Waals surface area contributed by atoms with Crippen LogP contribution in [0.25, 0.3) is 66.5 Å². The first-order valence-electron chi connectivity index (χ1n) is 17.3. The van der Waals surface area contributed by atoms with Gasteiger partial charge in [-0.05, 0) is 117 Å². The smallest absolute Gasteiger partial charge is 0.164 e. The number of hydrogen-bond donors (Lipinski definition) is 0. The molecule has 48 heavy (non-hydrogen) atoms. The maximum absolute atomic E-state index is 9.55. The molecule has 3 aliphatic rings. The van der Waals surface area contributed by atoms with Gasteiger partial charge in [0.25, 0.3) is 0 Å². The number of aromatic nitrogens is 3. The molecular formula is C44H34N4. The lowest BCUT2D eigenvalue weighted by atomic mass is 9.39. The molecule has 0 saturated heterocycles. The molecule has 0 spiro atoms. The van der Waals surface area contributed by atoms with E-state index in [9.17, 15) is 5.26 Å². The lowest BCUT2D eigenvalue weighted by molar-refractivity contribution is -0.141. The Balaban J connectivity index is 1.15. The van der Waals surface area contributed by atoms with Gasteiger partial charge in [-0.3, -0.25) is 0 Å². The zero-order chi connectivity index (χ0) is 32.0. The first-order chi connectivity index (χ1) is 23.5. The van der Waals surface area contributed by atoms with Crippen molar-refractivity contribution in [2.45, 2.75) is 38.0 Å². The van der Waals surface area contributed by atoms with E-state index < -0.39 is 0 Å². The predicted octanol–water partition coefficient (Wildman–Crippen LogP) is 10.5. The second kappa shape index (κ2) is 10.3.